The van der Waals surface area contributed by atoms with Crippen molar-refractivity contribution in [2.45, 2.75) is 26.7 Å². The Morgan fingerprint density at radius 3 is 2.64 bits per heavy atom. The molecule has 2 aromatic carbocycles. The number of carboxylic acid groups (broad SMARTS) is 1. The molecule has 3 nitrogen and oxygen atoms in total. The number of benzene rings is 2. The van der Waals surface area contributed by atoms with Crippen molar-refractivity contribution >= 4 is 16.9 Å². The molecule has 0 bridgehead atoms. The zero-order valence-electron chi connectivity index (χ0n) is 12.8. The molecule has 3 heteroatoms. The second-order valence-electron chi connectivity index (χ2n) is 5.82. The van der Waals surface area contributed by atoms with Gasteiger partial charge in [-0.15, -0.1) is 0 Å². The van der Waals surface area contributed by atoms with Crippen molar-refractivity contribution in [1.29, 1.82) is 0 Å². The Morgan fingerprint density at radius 2 is 1.91 bits per heavy atom. The largest absolute Gasteiger partial charge is 0.481 e. The molecule has 0 spiro atoms. The Bertz CT molecular complexity index is 846. The molecule has 3 rings (SSSR count). The van der Waals surface area contributed by atoms with Gasteiger partial charge in [0.25, 0.3) is 0 Å². The lowest BCUT2D eigenvalue weighted by Crippen LogP contribution is -1.96. The smallest absolute Gasteiger partial charge is 0.303 e. The second-order valence-corrected chi connectivity index (χ2v) is 5.82. The molecule has 0 unspecified atom stereocenters. The van der Waals surface area contributed by atoms with Gasteiger partial charge in [-0.1, -0.05) is 29.8 Å². The van der Waals surface area contributed by atoms with Gasteiger partial charge in [0, 0.05) is 28.6 Å². The molecule has 22 heavy (non-hydrogen) atoms. The van der Waals surface area contributed by atoms with E-state index < -0.39 is 5.97 Å². The highest BCUT2D eigenvalue weighted by Gasteiger charge is 2.07. The van der Waals surface area contributed by atoms with Crippen LogP contribution >= 0.6 is 0 Å². The van der Waals surface area contributed by atoms with Gasteiger partial charge in [-0.2, -0.15) is 0 Å². The van der Waals surface area contributed by atoms with Crippen molar-refractivity contribution in [2.24, 2.45) is 0 Å². The van der Waals surface area contributed by atoms with Gasteiger partial charge >= 0.3 is 5.97 Å². The molecule has 0 fully saturated rings. The van der Waals surface area contributed by atoms with Crippen molar-refractivity contribution in [3.05, 3.63) is 59.2 Å². The summed E-state index contributed by atoms with van der Waals surface area (Å²) in [5.41, 5.74) is 6.94. The molecule has 0 amide bonds. The van der Waals surface area contributed by atoms with E-state index in [1.54, 1.807) is 0 Å². The number of carboxylic acids is 1. The monoisotopic (exact) mass is 293 g/mol. The average Bonchev–Trinajstić information content (AvgIpc) is 2.87. The predicted molar refractivity (Wildman–Crippen MR) is 89.2 cm³/mol. The van der Waals surface area contributed by atoms with E-state index in [1.807, 2.05) is 12.1 Å². The van der Waals surface area contributed by atoms with Crippen LogP contribution in [0.4, 0.5) is 0 Å². The number of nitrogens with one attached hydrogen (secondary N) is 1. The van der Waals surface area contributed by atoms with E-state index in [4.69, 9.17) is 5.11 Å². The van der Waals surface area contributed by atoms with Gasteiger partial charge in [0.2, 0.25) is 0 Å². The van der Waals surface area contributed by atoms with E-state index in [-0.39, 0.29) is 6.42 Å². The topological polar surface area (TPSA) is 53.1 Å². The maximum absolute atomic E-state index is 10.7. The number of aromatic amines is 1. The molecule has 2 N–H and O–H groups in total. The number of hydrogen-bond donors (Lipinski definition) is 2. The minimum Gasteiger partial charge on any atom is -0.481 e. The van der Waals surface area contributed by atoms with Crippen molar-refractivity contribution in [3.8, 4) is 11.3 Å². The molecule has 1 aromatic heterocycles. The highest BCUT2D eigenvalue weighted by molar-refractivity contribution is 5.87. The summed E-state index contributed by atoms with van der Waals surface area (Å²) in [4.78, 5) is 14.1. The number of aryl methyl sites for hydroxylation is 3. The summed E-state index contributed by atoms with van der Waals surface area (Å²) in [7, 11) is 0. The third kappa shape index (κ3) is 2.89. The first-order valence-electron chi connectivity index (χ1n) is 7.44. The lowest BCUT2D eigenvalue weighted by Gasteiger charge is -2.04. The summed E-state index contributed by atoms with van der Waals surface area (Å²) in [6.07, 6.45) is 0.731. The van der Waals surface area contributed by atoms with Crippen LogP contribution in [0.3, 0.4) is 0 Å². The zero-order valence-corrected chi connectivity index (χ0v) is 12.8. The Hall–Kier alpha value is -2.55. The predicted octanol–water partition coefficient (Wildman–Crippen LogP) is 4.47. The third-order valence-electron chi connectivity index (χ3n) is 3.98. The van der Waals surface area contributed by atoms with E-state index >= 15 is 0 Å². The molecule has 0 saturated heterocycles. The fourth-order valence-corrected chi connectivity index (χ4v) is 2.85. The lowest BCUT2D eigenvalue weighted by atomic mass is 10.0. The van der Waals surface area contributed by atoms with E-state index in [1.165, 1.54) is 16.7 Å². The fraction of sp³-hybridized carbons (Fsp3) is 0.211. The first-order valence-corrected chi connectivity index (χ1v) is 7.44. The molecule has 1 heterocycles. The quantitative estimate of drug-likeness (QED) is 0.745. The van der Waals surface area contributed by atoms with E-state index in [2.05, 4.69) is 49.2 Å². The van der Waals surface area contributed by atoms with Crippen molar-refractivity contribution in [1.82, 2.24) is 4.98 Å². The summed E-state index contributed by atoms with van der Waals surface area (Å²) < 4.78 is 0. The lowest BCUT2D eigenvalue weighted by molar-refractivity contribution is -0.136. The minimum absolute atomic E-state index is 0.167. The summed E-state index contributed by atoms with van der Waals surface area (Å²) in [6.45, 7) is 4.21. The Kier molecular flexibility index (Phi) is 3.72. The molecule has 112 valence electrons. The average molecular weight is 293 g/mol. The van der Waals surface area contributed by atoms with Gasteiger partial charge in [0.15, 0.2) is 0 Å². The summed E-state index contributed by atoms with van der Waals surface area (Å²) in [6, 6.07) is 14.7. The minimum atomic E-state index is -0.759. The van der Waals surface area contributed by atoms with Gasteiger partial charge in [0.1, 0.15) is 0 Å². The van der Waals surface area contributed by atoms with Crippen LogP contribution < -0.4 is 0 Å². The third-order valence-corrected chi connectivity index (χ3v) is 3.98. The highest BCUT2D eigenvalue weighted by atomic mass is 16.4. The molecular formula is C19H19NO2. The molecule has 0 radical (unpaired) electrons. The van der Waals surface area contributed by atoms with Crippen LogP contribution in [0.1, 0.15) is 23.1 Å². The van der Waals surface area contributed by atoms with Crippen LogP contribution in [0.2, 0.25) is 0 Å². The van der Waals surface area contributed by atoms with Crippen molar-refractivity contribution < 1.29 is 9.90 Å². The number of hydrogen-bond acceptors (Lipinski definition) is 1. The summed E-state index contributed by atoms with van der Waals surface area (Å²) >= 11 is 0. The van der Waals surface area contributed by atoms with Crippen LogP contribution in [0.25, 0.3) is 22.2 Å². The molecule has 0 saturated carbocycles. The van der Waals surface area contributed by atoms with Crippen LogP contribution in [0, 0.1) is 13.8 Å². The zero-order chi connectivity index (χ0) is 15.7. The standard InChI is InChI=1S/C19H19NO2/c1-12-3-6-16(13(2)9-12)18-11-15-10-14(5-8-19(21)22)4-7-17(15)20-18/h3-4,6-7,9-11,20H,5,8H2,1-2H3,(H,21,22). The second kappa shape index (κ2) is 5.68. The number of rotatable bonds is 4. The van der Waals surface area contributed by atoms with Gasteiger partial charge in [-0.05, 0) is 49.6 Å². The number of aromatic nitrogens is 1. The van der Waals surface area contributed by atoms with E-state index in [0.29, 0.717) is 6.42 Å². The number of carbonyl (C=O) groups is 1. The number of aliphatic carboxylic acids is 1. The first kappa shape index (κ1) is 14.4. The van der Waals surface area contributed by atoms with Crippen molar-refractivity contribution in [2.75, 3.05) is 0 Å². The SMILES string of the molecule is Cc1ccc(-c2cc3cc(CCC(=O)O)ccc3[nH]2)c(C)c1. The van der Waals surface area contributed by atoms with Gasteiger partial charge < -0.3 is 10.1 Å². The summed E-state index contributed by atoms with van der Waals surface area (Å²) in [5.74, 6) is -0.759. The molecule has 0 atom stereocenters. The van der Waals surface area contributed by atoms with E-state index in [9.17, 15) is 4.79 Å². The van der Waals surface area contributed by atoms with Crippen LogP contribution in [0.15, 0.2) is 42.5 Å². The molecule has 3 aromatic rings. The Labute approximate surface area is 129 Å². The molecular weight excluding hydrogens is 274 g/mol. The van der Waals surface area contributed by atoms with Gasteiger partial charge in [0.05, 0.1) is 0 Å². The molecule has 0 aliphatic rings. The fourth-order valence-electron chi connectivity index (χ4n) is 2.85. The van der Waals surface area contributed by atoms with Crippen LogP contribution in [0.5, 0.6) is 0 Å². The maximum atomic E-state index is 10.7. The van der Waals surface area contributed by atoms with E-state index in [0.717, 1.165) is 22.2 Å². The normalized spacial score (nSPS) is 11.0. The highest BCUT2D eigenvalue weighted by Crippen LogP contribution is 2.28. The number of H-pyrrole nitrogens is 1. The Morgan fingerprint density at radius 1 is 1.09 bits per heavy atom. The van der Waals surface area contributed by atoms with Crippen molar-refractivity contribution in [3.63, 3.8) is 0 Å². The number of fused-ring (bicyclic) bond motifs is 1. The molecule has 0 aliphatic heterocycles. The van der Waals surface area contributed by atoms with Gasteiger partial charge in [-0.3, -0.25) is 4.79 Å². The van der Waals surface area contributed by atoms with Crippen LogP contribution in [-0.4, -0.2) is 16.1 Å². The molecule has 0 aliphatic carbocycles. The van der Waals surface area contributed by atoms with Crippen LogP contribution in [-0.2, 0) is 11.2 Å². The maximum Gasteiger partial charge on any atom is 0.303 e. The summed E-state index contributed by atoms with van der Waals surface area (Å²) in [5, 5.41) is 9.91. The Balaban J connectivity index is 1.97. The first-order chi connectivity index (χ1) is 10.5. The van der Waals surface area contributed by atoms with Gasteiger partial charge in [-0.25, -0.2) is 0 Å².